The predicted molar refractivity (Wildman–Crippen MR) is 192 cm³/mol. The third kappa shape index (κ3) is 27.5. The summed E-state index contributed by atoms with van der Waals surface area (Å²) in [5.41, 5.74) is 7.25. The third-order valence-corrected chi connectivity index (χ3v) is 3.57. The van der Waals surface area contributed by atoms with E-state index in [0.717, 1.165) is 5.69 Å². The van der Waals surface area contributed by atoms with Crippen molar-refractivity contribution in [1.29, 1.82) is 0 Å². The first-order valence-corrected chi connectivity index (χ1v) is 20.9. The van der Waals surface area contributed by atoms with E-state index in [-0.39, 0.29) is 31.9 Å². The molecule has 0 bridgehead atoms. The summed E-state index contributed by atoms with van der Waals surface area (Å²) in [5.74, 6) is 0. The first kappa shape index (κ1) is 50.7. The average molecular weight is 824 g/mol. The fourth-order valence-electron chi connectivity index (χ4n) is 2.10. The summed E-state index contributed by atoms with van der Waals surface area (Å²) in [6.07, 6.45) is 0. The van der Waals surface area contributed by atoms with Gasteiger partial charge in [-0.05, 0) is 24.3 Å². The van der Waals surface area contributed by atoms with E-state index in [4.69, 9.17) is 5.73 Å². The van der Waals surface area contributed by atoms with E-state index < -0.39 is 9.85 Å². The Morgan fingerprint density at radius 3 is 1.27 bits per heavy atom. The molecule has 40 heavy (non-hydrogen) atoms. The van der Waals surface area contributed by atoms with Crippen molar-refractivity contribution in [2.75, 3.05) is 30.5 Å². The summed E-state index contributed by atoms with van der Waals surface area (Å²) >= 11 is 4.74. The molecule has 0 amide bonds. The van der Waals surface area contributed by atoms with E-state index in [1.165, 1.54) is 18.2 Å². The quantitative estimate of drug-likeness (QED) is 0.103. The zero-order valence-corrected chi connectivity index (χ0v) is 29.0. The van der Waals surface area contributed by atoms with Crippen molar-refractivity contribution in [3.63, 3.8) is 0 Å². The average Bonchev–Trinajstić information content (AvgIpc) is 2.98. The molecule has 0 unspecified atom stereocenters. The SMILES string of the molecule is C.C.CC.CC.CC.CNc1ccccc1.CNc1ccccc1[N+](=O)[O-].Nc1ccccc1[N+](=O)[O-].[I][V][I]. The maximum atomic E-state index is 10.3. The molecule has 0 spiro atoms. The number of hydrogen-bond acceptors (Lipinski definition) is 7. The van der Waals surface area contributed by atoms with Crippen molar-refractivity contribution in [1.82, 2.24) is 0 Å². The van der Waals surface area contributed by atoms with Gasteiger partial charge in [-0.3, -0.25) is 20.2 Å². The number of benzene rings is 3. The van der Waals surface area contributed by atoms with Crippen molar-refractivity contribution in [3.8, 4) is 0 Å². The summed E-state index contributed by atoms with van der Waals surface area (Å²) in [4.78, 5) is 19.6. The van der Waals surface area contributed by atoms with Gasteiger partial charge in [-0.25, -0.2) is 0 Å². The van der Waals surface area contributed by atoms with E-state index in [1.807, 2.05) is 78.9 Å². The molecule has 0 radical (unpaired) electrons. The molecule has 0 aliphatic rings. The Bertz CT molecular complexity index is 957. The number of nitrogens with two attached hydrogens (primary N) is 1. The van der Waals surface area contributed by atoms with Crippen molar-refractivity contribution in [3.05, 3.63) is 99.1 Å². The molecule has 0 aromatic heterocycles. The Balaban J connectivity index is -0.0000000931. The molecular weight excluding hydrogens is 775 g/mol. The van der Waals surface area contributed by atoms with E-state index in [9.17, 15) is 20.2 Å². The van der Waals surface area contributed by atoms with Gasteiger partial charge in [-0.2, -0.15) is 0 Å². The first-order valence-electron chi connectivity index (χ1n) is 11.9. The fraction of sp³-hybridized carbons (Fsp3) is 0.357. The van der Waals surface area contributed by atoms with Crippen LogP contribution in [0.3, 0.4) is 0 Å². The first-order chi connectivity index (χ1) is 18.3. The third-order valence-electron chi connectivity index (χ3n) is 3.57. The van der Waals surface area contributed by atoms with E-state index in [1.54, 1.807) is 37.4 Å². The van der Waals surface area contributed by atoms with Gasteiger partial charge in [0.05, 0.1) is 9.85 Å². The molecule has 4 N–H and O–H groups in total. The Kier molecular flexibility index (Phi) is 49.5. The molecule has 0 saturated carbocycles. The second-order valence-corrected chi connectivity index (χ2v) is 17.3. The molecule has 9 nitrogen and oxygen atoms in total. The van der Waals surface area contributed by atoms with Gasteiger partial charge < -0.3 is 16.4 Å². The second kappa shape index (κ2) is 39.0. The molecule has 0 atom stereocenters. The summed E-state index contributed by atoms with van der Waals surface area (Å²) < 4.78 is 0. The van der Waals surface area contributed by atoms with E-state index in [2.05, 4.69) is 50.6 Å². The molecule has 3 aromatic carbocycles. The van der Waals surface area contributed by atoms with Gasteiger partial charge in [-0.1, -0.05) is 98.9 Å². The van der Waals surface area contributed by atoms with E-state index in [0.29, 0.717) is 15.2 Å². The van der Waals surface area contributed by atoms with Gasteiger partial charge in [-0.15, -0.1) is 0 Å². The number of nitrogen functional groups attached to an aromatic ring is 1. The number of nitrogens with zero attached hydrogens (tertiary/aromatic N) is 2. The molecular formula is C28H49I2N5O4V. The molecule has 0 saturated heterocycles. The van der Waals surface area contributed by atoms with Crippen molar-refractivity contribution in [2.24, 2.45) is 0 Å². The van der Waals surface area contributed by atoms with Gasteiger partial charge in [0.25, 0.3) is 11.4 Å². The number of anilines is 3. The van der Waals surface area contributed by atoms with Crippen LogP contribution in [0.5, 0.6) is 0 Å². The molecule has 0 aliphatic carbocycles. The minimum atomic E-state index is -0.505. The number of nitrogens with one attached hydrogen (secondary N) is 2. The summed E-state index contributed by atoms with van der Waals surface area (Å²) in [6, 6.07) is 22.7. The molecule has 0 aliphatic heterocycles. The van der Waals surface area contributed by atoms with Crippen LogP contribution in [0.15, 0.2) is 78.9 Å². The van der Waals surface area contributed by atoms with Crippen LogP contribution in [0.4, 0.5) is 28.4 Å². The van der Waals surface area contributed by atoms with Crippen molar-refractivity contribution >= 4 is 68.4 Å². The van der Waals surface area contributed by atoms with Crippen molar-refractivity contribution < 1.29 is 19.3 Å². The number of nitro benzene ring substituents is 2. The maximum absolute atomic E-state index is 10.3. The molecule has 0 heterocycles. The summed E-state index contributed by atoms with van der Waals surface area (Å²) in [7, 11) is 4.19. The predicted octanol–water partition coefficient (Wildman–Crippen LogP) is 10.7. The number of halogens is 2. The van der Waals surface area contributed by atoms with Crippen LogP contribution in [0.2, 0.25) is 0 Å². The topological polar surface area (TPSA) is 136 Å². The number of para-hydroxylation sites is 5. The van der Waals surface area contributed by atoms with Gasteiger partial charge in [0, 0.05) is 31.9 Å². The number of hydrogen-bond donors (Lipinski definition) is 3. The Morgan fingerprint density at radius 1 is 0.650 bits per heavy atom. The van der Waals surface area contributed by atoms with Gasteiger partial charge in [0.2, 0.25) is 0 Å². The zero-order chi connectivity index (χ0) is 30.4. The number of rotatable bonds is 4. The summed E-state index contributed by atoms with van der Waals surface area (Å²) in [5, 5.41) is 26.3. The van der Waals surface area contributed by atoms with Crippen LogP contribution in [-0.4, -0.2) is 23.9 Å². The normalized spacial score (nSPS) is 7.35. The van der Waals surface area contributed by atoms with Crippen LogP contribution in [0.1, 0.15) is 56.4 Å². The Labute approximate surface area is 271 Å². The molecule has 229 valence electrons. The molecule has 3 rings (SSSR count). The standard InChI is InChI=1S/C7H8N2O2.C7H9N.C6H6N2O2.3C2H6.2CH4.2HI.V/c1-8-6-4-2-3-5-7(6)9(10)11;1-8-7-5-3-2-4-6-7;7-5-3-1-2-4-6(5)8(9)10;3*1-2;;;;;/h2-5,8H,1H3;2-6,8H,1H3;1-4H,7H2;3*1-2H3;2*1H4;2*1H;/q;;;;;;;;;;+2/p-2. The van der Waals surface area contributed by atoms with Crippen molar-refractivity contribution in [2.45, 2.75) is 56.4 Å². The van der Waals surface area contributed by atoms with Gasteiger partial charge in [0.1, 0.15) is 11.4 Å². The molecule has 12 heteroatoms. The molecule has 0 fully saturated rings. The van der Waals surface area contributed by atoms with Crippen LogP contribution in [0.25, 0.3) is 0 Å². The fourth-order valence-corrected chi connectivity index (χ4v) is 2.10. The monoisotopic (exact) mass is 824 g/mol. The minimum absolute atomic E-state index is 0. The molecule has 3 aromatic rings. The van der Waals surface area contributed by atoms with Gasteiger partial charge >= 0.3 is 49.4 Å². The van der Waals surface area contributed by atoms with Crippen LogP contribution in [0, 0.1) is 20.2 Å². The second-order valence-electron chi connectivity index (χ2n) is 5.52. The van der Waals surface area contributed by atoms with Crippen LogP contribution < -0.4 is 16.4 Å². The number of nitro groups is 2. The van der Waals surface area contributed by atoms with Gasteiger partial charge in [0.15, 0.2) is 0 Å². The van der Waals surface area contributed by atoms with Crippen LogP contribution >= 0.6 is 40.0 Å². The Hall–Kier alpha value is -2.10. The zero-order valence-electron chi connectivity index (χ0n) is 23.3. The van der Waals surface area contributed by atoms with Crippen LogP contribution in [-0.2, 0) is 9.47 Å². The van der Waals surface area contributed by atoms with E-state index >= 15 is 0 Å². The summed E-state index contributed by atoms with van der Waals surface area (Å²) in [6.45, 7) is 12.0. The Morgan fingerprint density at radius 2 is 1.00 bits per heavy atom.